The van der Waals surface area contributed by atoms with Gasteiger partial charge >= 0.3 is 0 Å². The molecule has 0 atom stereocenters. The molecule has 0 unspecified atom stereocenters. The Kier molecular flexibility index (Phi) is 6.39. The van der Waals surface area contributed by atoms with E-state index in [0.717, 1.165) is 61.1 Å². The molecular formula is C25H32N6O2. The molecule has 0 spiro atoms. The zero-order chi connectivity index (χ0) is 22.8. The van der Waals surface area contributed by atoms with Crippen molar-refractivity contribution in [3.05, 3.63) is 47.7 Å². The number of pyridine rings is 1. The lowest BCUT2D eigenvalue weighted by atomic mass is 10.0. The summed E-state index contributed by atoms with van der Waals surface area (Å²) >= 11 is 0. The number of carbonyl (C=O) groups is 1. The molecule has 1 saturated carbocycles. The Morgan fingerprint density at radius 3 is 2.82 bits per heavy atom. The third-order valence-electron chi connectivity index (χ3n) is 6.45. The average molecular weight is 449 g/mol. The van der Waals surface area contributed by atoms with Crippen molar-refractivity contribution in [3.63, 3.8) is 0 Å². The summed E-state index contributed by atoms with van der Waals surface area (Å²) in [7, 11) is 2.07. The van der Waals surface area contributed by atoms with Gasteiger partial charge in [0.2, 0.25) is 0 Å². The number of ether oxygens (including phenoxy) is 1. The van der Waals surface area contributed by atoms with Crippen LogP contribution in [-0.4, -0.2) is 65.0 Å². The van der Waals surface area contributed by atoms with E-state index in [-0.39, 0.29) is 11.9 Å². The van der Waals surface area contributed by atoms with Gasteiger partial charge in [-0.05, 0) is 50.4 Å². The highest BCUT2D eigenvalue weighted by Gasteiger charge is 2.28. The number of benzene rings is 1. The fraction of sp³-hybridized carbons (Fsp3) is 0.480. The number of likely N-dealkylation sites (N-methyl/N-ethyl adjacent to an activating group) is 1. The number of carbonyl (C=O) groups excluding carboxylic acids is 1. The van der Waals surface area contributed by atoms with Crippen molar-refractivity contribution in [3.8, 4) is 11.3 Å². The van der Waals surface area contributed by atoms with Crippen LogP contribution in [0.15, 0.2) is 36.5 Å². The molecule has 2 aliphatic rings. The monoisotopic (exact) mass is 448 g/mol. The van der Waals surface area contributed by atoms with Crippen LogP contribution in [0.25, 0.3) is 22.3 Å². The van der Waals surface area contributed by atoms with Gasteiger partial charge in [0.05, 0.1) is 28.9 Å². The lowest BCUT2D eigenvalue weighted by Crippen LogP contribution is -2.39. The van der Waals surface area contributed by atoms with E-state index < -0.39 is 0 Å². The Hall–Kier alpha value is -2.81. The summed E-state index contributed by atoms with van der Waals surface area (Å²) in [5.41, 5.74) is 10.1. The minimum absolute atomic E-state index is 0.0651. The van der Waals surface area contributed by atoms with Gasteiger partial charge < -0.3 is 20.7 Å². The van der Waals surface area contributed by atoms with Crippen LogP contribution in [0.4, 0.5) is 0 Å². The Labute approximate surface area is 194 Å². The first-order valence-electron chi connectivity index (χ1n) is 11.9. The fourth-order valence-electron chi connectivity index (χ4n) is 4.49. The topological polar surface area (TPSA) is 98.3 Å². The molecule has 5 rings (SSSR count). The summed E-state index contributed by atoms with van der Waals surface area (Å²) in [6.45, 7) is 3.65. The predicted octanol–water partition coefficient (Wildman–Crippen LogP) is 2.73. The summed E-state index contributed by atoms with van der Waals surface area (Å²) in [6, 6.07) is 10.8. The van der Waals surface area contributed by atoms with E-state index in [2.05, 4.69) is 40.6 Å². The summed E-state index contributed by atoms with van der Waals surface area (Å²) in [5.74, 6) is -0.0651. The normalized spacial score (nSPS) is 17.1. The highest BCUT2D eigenvalue weighted by atomic mass is 16.5. The van der Waals surface area contributed by atoms with E-state index >= 15 is 0 Å². The quantitative estimate of drug-likeness (QED) is 0.550. The zero-order valence-electron chi connectivity index (χ0n) is 19.2. The molecule has 1 amide bonds. The number of nitrogens with one attached hydrogen (secondary N) is 1. The minimum Gasteiger partial charge on any atom is -0.381 e. The fourth-order valence-corrected chi connectivity index (χ4v) is 4.49. The number of rotatable bonds is 8. The second kappa shape index (κ2) is 9.59. The maximum absolute atomic E-state index is 13.4. The molecule has 0 bridgehead atoms. The van der Waals surface area contributed by atoms with Gasteiger partial charge in [0.15, 0.2) is 5.65 Å². The molecule has 1 saturated heterocycles. The maximum Gasteiger partial charge on any atom is 0.252 e. The van der Waals surface area contributed by atoms with Gasteiger partial charge in [0.25, 0.3) is 5.91 Å². The van der Waals surface area contributed by atoms with Crippen molar-refractivity contribution >= 4 is 16.9 Å². The molecule has 3 heterocycles. The summed E-state index contributed by atoms with van der Waals surface area (Å²) < 4.78 is 7.43. The van der Waals surface area contributed by atoms with E-state index in [1.807, 2.05) is 16.8 Å². The molecule has 1 aromatic carbocycles. The van der Waals surface area contributed by atoms with E-state index in [9.17, 15) is 4.79 Å². The summed E-state index contributed by atoms with van der Waals surface area (Å²) in [5, 5.41) is 8.62. The smallest absolute Gasteiger partial charge is 0.252 e. The van der Waals surface area contributed by atoms with Gasteiger partial charge in [-0.1, -0.05) is 18.2 Å². The summed E-state index contributed by atoms with van der Waals surface area (Å²) in [4.78, 5) is 20.5. The van der Waals surface area contributed by atoms with E-state index in [1.165, 1.54) is 5.56 Å². The number of aromatic nitrogens is 3. The third kappa shape index (κ3) is 4.93. The number of amides is 1. The first kappa shape index (κ1) is 22.0. The SMILES string of the molecule is CN(CCN)Cc1cccc(-c2cc(C(=O)NC3CCOCC3)c3cnn(C4CC4)c3n2)c1. The molecule has 0 radical (unpaired) electrons. The van der Waals surface area contributed by atoms with Crippen LogP contribution >= 0.6 is 0 Å². The van der Waals surface area contributed by atoms with Gasteiger partial charge in [0, 0.05) is 44.5 Å². The zero-order valence-corrected chi connectivity index (χ0v) is 19.2. The Bertz CT molecular complexity index is 1130. The molecule has 1 aliphatic heterocycles. The third-order valence-corrected chi connectivity index (χ3v) is 6.45. The first-order valence-corrected chi connectivity index (χ1v) is 11.9. The van der Waals surface area contributed by atoms with Crippen LogP contribution in [0.2, 0.25) is 0 Å². The first-order chi connectivity index (χ1) is 16.1. The van der Waals surface area contributed by atoms with Gasteiger partial charge in [-0.2, -0.15) is 5.10 Å². The van der Waals surface area contributed by atoms with Gasteiger partial charge in [-0.25, -0.2) is 9.67 Å². The molecule has 2 fully saturated rings. The Balaban J connectivity index is 1.51. The minimum atomic E-state index is -0.0651. The van der Waals surface area contributed by atoms with Crippen molar-refractivity contribution < 1.29 is 9.53 Å². The second-order valence-electron chi connectivity index (χ2n) is 9.20. The number of nitrogens with two attached hydrogens (primary N) is 1. The van der Waals surface area contributed by atoms with E-state index in [0.29, 0.717) is 31.4 Å². The lowest BCUT2D eigenvalue weighted by Gasteiger charge is -2.23. The summed E-state index contributed by atoms with van der Waals surface area (Å²) in [6.07, 6.45) is 5.69. The van der Waals surface area contributed by atoms with Crippen LogP contribution in [0, 0.1) is 0 Å². The number of fused-ring (bicyclic) bond motifs is 1. The molecule has 8 heteroatoms. The molecular weight excluding hydrogens is 416 g/mol. The van der Waals surface area contributed by atoms with Crippen molar-refractivity contribution in [2.24, 2.45) is 5.73 Å². The van der Waals surface area contributed by atoms with Gasteiger partial charge in [-0.3, -0.25) is 4.79 Å². The molecule has 1 aliphatic carbocycles. The molecule has 3 aromatic rings. The van der Waals surface area contributed by atoms with Crippen LogP contribution in [0.3, 0.4) is 0 Å². The number of hydrogen-bond donors (Lipinski definition) is 2. The van der Waals surface area contributed by atoms with E-state index in [4.69, 9.17) is 15.5 Å². The van der Waals surface area contributed by atoms with Crippen LogP contribution in [0.1, 0.15) is 47.6 Å². The van der Waals surface area contributed by atoms with Gasteiger partial charge in [-0.15, -0.1) is 0 Å². The van der Waals surface area contributed by atoms with Crippen LogP contribution in [-0.2, 0) is 11.3 Å². The Morgan fingerprint density at radius 2 is 2.06 bits per heavy atom. The van der Waals surface area contributed by atoms with E-state index in [1.54, 1.807) is 6.20 Å². The van der Waals surface area contributed by atoms with Gasteiger partial charge in [0.1, 0.15) is 0 Å². The van der Waals surface area contributed by atoms with Crippen molar-refractivity contribution in [1.29, 1.82) is 0 Å². The largest absolute Gasteiger partial charge is 0.381 e. The molecule has 174 valence electrons. The molecule has 3 N–H and O–H groups in total. The van der Waals surface area contributed by atoms with Crippen molar-refractivity contribution in [2.75, 3.05) is 33.4 Å². The molecule has 33 heavy (non-hydrogen) atoms. The molecule has 8 nitrogen and oxygen atoms in total. The van der Waals surface area contributed by atoms with Crippen LogP contribution < -0.4 is 11.1 Å². The molecule has 2 aromatic heterocycles. The lowest BCUT2D eigenvalue weighted by molar-refractivity contribution is 0.0697. The van der Waals surface area contributed by atoms with Crippen LogP contribution in [0.5, 0.6) is 0 Å². The predicted molar refractivity (Wildman–Crippen MR) is 128 cm³/mol. The number of hydrogen-bond acceptors (Lipinski definition) is 6. The second-order valence-corrected chi connectivity index (χ2v) is 9.20. The number of nitrogens with zero attached hydrogens (tertiary/aromatic N) is 4. The highest BCUT2D eigenvalue weighted by Crippen LogP contribution is 2.37. The standard InChI is InChI=1S/C25H32N6O2/c1-30(10-9-26)16-17-3-2-4-18(13-17)23-14-21(25(32)28-19-7-11-33-12-8-19)22-15-27-31(20-5-6-20)24(22)29-23/h2-4,13-15,19-20H,5-12,16,26H2,1H3,(H,28,32). The highest BCUT2D eigenvalue weighted by molar-refractivity contribution is 6.06. The Morgan fingerprint density at radius 1 is 1.24 bits per heavy atom. The average Bonchev–Trinajstić information content (AvgIpc) is 3.58. The van der Waals surface area contributed by atoms with Crippen molar-refractivity contribution in [1.82, 2.24) is 25.0 Å². The maximum atomic E-state index is 13.4. The van der Waals surface area contributed by atoms with Crippen molar-refractivity contribution in [2.45, 2.75) is 44.3 Å².